The lowest BCUT2D eigenvalue weighted by atomic mass is 9.84. The van der Waals surface area contributed by atoms with E-state index in [1.165, 1.54) is 20.2 Å². The van der Waals surface area contributed by atoms with Crippen LogP contribution in [0.1, 0.15) is 5.56 Å². The maximum atomic E-state index is 10.3. The highest BCUT2D eigenvalue weighted by Gasteiger charge is 2.20. The number of hydrogen-bond acceptors (Lipinski definition) is 3. The molecule has 0 saturated carbocycles. The molecule has 2 aromatic heterocycles. The Labute approximate surface area is 235 Å². The molecule has 2 nitrogen and oxygen atoms in total. The fourth-order valence-corrected chi connectivity index (χ4v) is 7.00. The molecule has 8 rings (SSSR count). The van der Waals surface area contributed by atoms with Crippen LogP contribution in [0.4, 0.5) is 0 Å². The normalized spacial score (nSPS) is 11.5. The third kappa shape index (κ3) is 3.48. The van der Waals surface area contributed by atoms with Crippen molar-refractivity contribution < 1.29 is 4.42 Å². The van der Waals surface area contributed by atoms with Crippen molar-refractivity contribution in [3.8, 4) is 39.4 Å². The summed E-state index contributed by atoms with van der Waals surface area (Å²) in [7, 11) is 0. The summed E-state index contributed by atoms with van der Waals surface area (Å²) in [6, 6.07) is 46.7. The molecule has 0 aliphatic rings. The first-order valence-electron chi connectivity index (χ1n) is 13.2. The number of nitriles is 1. The fraction of sp³-hybridized carbons (Fsp3) is 0. The highest BCUT2D eigenvalue weighted by atomic mass is 32.1. The largest absolute Gasteiger partial charge is 0.456 e. The van der Waals surface area contributed by atoms with Crippen LogP contribution in [0.3, 0.4) is 0 Å². The van der Waals surface area contributed by atoms with Crippen molar-refractivity contribution in [1.82, 2.24) is 0 Å². The van der Waals surface area contributed by atoms with E-state index in [9.17, 15) is 5.26 Å². The summed E-state index contributed by atoms with van der Waals surface area (Å²) in [4.78, 5) is 0. The molecule has 0 aliphatic heterocycles. The summed E-state index contributed by atoms with van der Waals surface area (Å²) in [5, 5.41) is 14.9. The Bertz CT molecular complexity index is 2280. The zero-order valence-corrected chi connectivity index (χ0v) is 22.2. The Morgan fingerprint density at radius 1 is 0.500 bits per heavy atom. The predicted octanol–water partition coefficient (Wildman–Crippen LogP) is 10.8. The molecular formula is C37H21NOS. The average Bonchev–Trinajstić information content (AvgIpc) is 3.58. The van der Waals surface area contributed by atoms with E-state index in [1.54, 1.807) is 0 Å². The molecule has 2 heterocycles. The van der Waals surface area contributed by atoms with Gasteiger partial charge in [-0.25, -0.2) is 0 Å². The number of nitrogens with zero attached hydrogens (tertiary/aromatic N) is 1. The molecule has 0 aliphatic carbocycles. The van der Waals surface area contributed by atoms with Gasteiger partial charge in [0, 0.05) is 36.5 Å². The summed E-state index contributed by atoms with van der Waals surface area (Å²) in [5.41, 5.74) is 8.74. The van der Waals surface area contributed by atoms with Crippen LogP contribution in [0.5, 0.6) is 0 Å². The van der Waals surface area contributed by atoms with Gasteiger partial charge >= 0.3 is 0 Å². The molecule has 3 heteroatoms. The molecule has 6 aromatic carbocycles. The van der Waals surface area contributed by atoms with Gasteiger partial charge in [-0.3, -0.25) is 0 Å². The van der Waals surface area contributed by atoms with Crippen LogP contribution in [-0.2, 0) is 0 Å². The third-order valence-corrected chi connectivity index (χ3v) is 8.89. The van der Waals surface area contributed by atoms with Gasteiger partial charge in [-0.2, -0.15) is 5.26 Å². The van der Waals surface area contributed by atoms with Crippen LogP contribution < -0.4 is 0 Å². The smallest absolute Gasteiger partial charge is 0.135 e. The molecule has 0 unspecified atom stereocenters. The van der Waals surface area contributed by atoms with Crippen LogP contribution in [0.15, 0.2) is 132 Å². The number of hydrogen-bond donors (Lipinski definition) is 0. The van der Waals surface area contributed by atoms with Crippen LogP contribution in [0.2, 0.25) is 0 Å². The minimum atomic E-state index is 0.662. The second-order valence-corrected chi connectivity index (χ2v) is 11.1. The van der Waals surface area contributed by atoms with E-state index >= 15 is 0 Å². The highest BCUT2D eigenvalue weighted by molar-refractivity contribution is 7.25. The molecule has 0 atom stereocenters. The van der Waals surface area contributed by atoms with Gasteiger partial charge in [-0.1, -0.05) is 84.9 Å². The number of thiophene rings is 1. The number of para-hydroxylation sites is 1. The van der Waals surface area contributed by atoms with Crippen molar-refractivity contribution in [3.63, 3.8) is 0 Å². The van der Waals surface area contributed by atoms with Crippen molar-refractivity contribution in [2.45, 2.75) is 0 Å². The second kappa shape index (κ2) is 8.95. The van der Waals surface area contributed by atoms with Gasteiger partial charge in [-0.05, 0) is 70.3 Å². The number of furan rings is 1. The Hall–Kier alpha value is -5.17. The van der Waals surface area contributed by atoms with E-state index in [0.717, 1.165) is 55.3 Å². The van der Waals surface area contributed by atoms with Crippen LogP contribution in [0.25, 0.3) is 75.5 Å². The summed E-state index contributed by atoms with van der Waals surface area (Å²) in [6.07, 6.45) is 0. The van der Waals surface area contributed by atoms with Gasteiger partial charge in [0.2, 0.25) is 0 Å². The highest BCUT2D eigenvalue weighted by Crippen LogP contribution is 2.45. The summed E-state index contributed by atoms with van der Waals surface area (Å²) in [6.45, 7) is 0. The van der Waals surface area contributed by atoms with Crippen molar-refractivity contribution >= 4 is 53.4 Å². The predicted molar refractivity (Wildman–Crippen MR) is 168 cm³/mol. The van der Waals surface area contributed by atoms with E-state index in [0.29, 0.717) is 5.56 Å². The van der Waals surface area contributed by atoms with Crippen molar-refractivity contribution in [2.24, 2.45) is 0 Å². The van der Waals surface area contributed by atoms with Crippen molar-refractivity contribution in [3.05, 3.63) is 133 Å². The van der Waals surface area contributed by atoms with E-state index in [2.05, 4.69) is 91.0 Å². The minimum Gasteiger partial charge on any atom is -0.456 e. The Morgan fingerprint density at radius 3 is 2.08 bits per heavy atom. The lowest BCUT2D eigenvalue weighted by Crippen LogP contribution is -1.94. The quantitative estimate of drug-likeness (QED) is 0.229. The number of benzene rings is 6. The first-order valence-corrected chi connectivity index (χ1v) is 14.1. The standard InChI is InChI=1S/C37H21NOS/c38-22-26-14-17-27(24-15-18-33-30(20-24)28-10-4-6-12-32(28)39-33)37(36(26)23-8-2-1-3-9-23)25-16-19-35-31(21-25)29-11-5-7-13-34(29)40-35/h1-21H. The van der Waals surface area contributed by atoms with E-state index in [1.807, 2.05) is 53.8 Å². The Balaban J connectivity index is 1.47. The Kier molecular flexibility index (Phi) is 5.10. The zero-order valence-electron chi connectivity index (χ0n) is 21.4. The van der Waals surface area contributed by atoms with Gasteiger partial charge in [0.15, 0.2) is 0 Å². The summed E-state index contributed by atoms with van der Waals surface area (Å²) < 4.78 is 8.66. The summed E-state index contributed by atoms with van der Waals surface area (Å²) in [5.74, 6) is 0. The molecule has 8 aromatic rings. The van der Waals surface area contributed by atoms with Crippen molar-refractivity contribution in [2.75, 3.05) is 0 Å². The monoisotopic (exact) mass is 527 g/mol. The third-order valence-electron chi connectivity index (χ3n) is 7.74. The fourth-order valence-electron chi connectivity index (χ4n) is 5.92. The molecule has 0 amide bonds. The minimum absolute atomic E-state index is 0.662. The molecule has 40 heavy (non-hydrogen) atoms. The molecule has 0 spiro atoms. The second-order valence-electron chi connectivity index (χ2n) is 10.0. The molecule has 0 saturated heterocycles. The zero-order chi connectivity index (χ0) is 26.6. The van der Waals surface area contributed by atoms with E-state index < -0.39 is 0 Å². The molecular weight excluding hydrogens is 506 g/mol. The van der Waals surface area contributed by atoms with Crippen LogP contribution in [-0.4, -0.2) is 0 Å². The van der Waals surface area contributed by atoms with E-state index in [-0.39, 0.29) is 0 Å². The van der Waals surface area contributed by atoms with Gasteiger partial charge in [0.25, 0.3) is 0 Å². The van der Waals surface area contributed by atoms with E-state index in [4.69, 9.17) is 4.42 Å². The molecule has 0 radical (unpaired) electrons. The maximum absolute atomic E-state index is 10.3. The lowest BCUT2D eigenvalue weighted by Gasteiger charge is -2.18. The summed E-state index contributed by atoms with van der Waals surface area (Å²) >= 11 is 1.82. The topological polar surface area (TPSA) is 36.9 Å². The maximum Gasteiger partial charge on any atom is 0.135 e. The SMILES string of the molecule is N#Cc1ccc(-c2ccc3oc4ccccc4c3c2)c(-c2ccc3sc4ccccc4c3c2)c1-c1ccccc1. The van der Waals surface area contributed by atoms with Gasteiger partial charge in [-0.15, -0.1) is 11.3 Å². The molecule has 0 fully saturated rings. The molecule has 186 valence electrons. The van der Waals surface area contributed by atoms with Gasteiger partial charge in [0.05, 0.1) is 11.6 Å². The first-order chi connectivity index (χ1) is 19.8. The Morgan fingerprint density at radius 2 is 1.20 bits per heavy atom. The van der Waals surface area contributed by atoms with Crippen LogP contribution >= 0.6 is 11.3 Å². The number of rotatable bonds is 3. The van der Waals surface area contributed by atoms with Gasteiger partial charge < -0.3 is 4.42 Å². The van der Waals surface area contributed by atoms with Crippen LogP contribution in [0, 0.1) is 11.3 Å². The number of fused-ring (bicyclic) bond motifs is 6. The molecule has 0 bridgehead atoms. The van der Waals surface area contributed by atoms with Crippen molar-refractivity contribution in [1.29, 1.82) is 5.26 Å². The lowest BCUT2D eigenvalue weighted by molar-refractivity contribution is 0.669. The first kappa shape index (κ1) is 22.8. The molecule has 0 N–H and O–H groups in total. The average molecular weight is 528 g/mol. The van der Waals surface area contributed by atoms with Gasteiger partial charge in [0.1, 0.15) is 11.2 Å².